The fourth-order valence-corrected chi connectivity index (χ4v) is 3.21. The molecule has 0 bridgehead atoms. The summed E-state index contributed by atoms with van der Waals surface area (Å²) in [6.07, 6.45) is 0. The van der Waals surface area contributed by atoms with Crippen LogP contribution in [0.4, 0.5) is 5.69 Å². The molecule has 6 nitrogen and oxygen atoms in total. The first-order valence-electron chi connectivity index (χ1n) is 9.01. The molecule has 4 aromatic rings. The number of aromatic amines is 1. The topological polar surface area (TPSA) is 88.3 Å². The van der Waals surface area contributed by atoms with E-state index in [0.717, 1.165) is 0 Å². The van der Waals surface area contributed by atoms with Crippen molar-refractivity contribution in [2.24, 2.45) is 0 Å². The molecule has 0 saturated heterocycles. The first-order chi connectivity index (χ1) is 14.5. The molecule has 3 aromatic carbocycles. The third-order valence-electron chi connectivity index (χ3n) is 4.41. The molecule has 30 heavy (non-hydrogen) atoms. The van der Waals surface area contributed by atoms with Crippen LogP contribution in [-0.4, -0.2) is 16.9 Å². The van der Waals surface area contributed by atoms with Crippen molar-refractivity contribution in [3.05, 3.63) is 105 Å². The molecule has 0 unspecified atom stereocenters. The fraction of sp³-hybridized carbons (Fsp3) is 0. The molecule has 1 heterocycles. The summed E-state index contributed by atoms with van der Waals surface area (Å²) in [6.45, 7) is 0. The highest BCUT2D eigenvalue weighted by Gasteiger charge is 2.15. The number of carbonyl (C=O) groups is 2. The molecule has 148 valence electrons. The number of nitrogens with one attached hydrogen (secondary N) is 2. The van der Waals surface area contributed by atoms with E-state index in [-0.39, 0.29) is 17.2 Å². The second kappa shape index (κ2) is 8.23. The van der Waals surface area contributed by atoms with E-state index in [2.05, 4.69) is 10.3 Å². The minimum Gasteiger partial charge on any atom is -0.423 e. The van der Waals surface area contributed by atoms with Crippen LogP contribution in [0.3, 0.4) is 0 Å². The summed E-state index contributed by atoms with van der Waals surface area (Å²) in [7, 11) is 0. The standard InChI is InChI=1S/C23H15ClN2O4/c24-19-7-3-1-6-17(19)22(28)25-14-9-11-15(12-10-14)30-23(29)18-13-21(27)26-20-8-4-2-5-16(18)20/h1-13H,(H,25,28)(H,26,27). The summed E-state index contributed by atoms with van der Waals surface area (Å²) in [5.74, 6) is -0.717. The van der Waals surface area contributed by atoms with E-state index in [9.17, 15) is 14.4 Å². The van der Waals surface area contributed by atoms with E-state index in [1.807, 2.05) is 0 Å². The van der Waals surface area contributed by atoms with Crippen molar-refractivity contribution < 1.29 is 14.3 Å². The summed E-state index contributed by atoms with van der Waals surface area (Å²) < 4.78 is 5.40. The number of hydrogen-bond donors (Lipinski definition) is 2. The number of H-pyrrole nitrogens is 1. The molecular formula is C23H15ClN2O4. The number of anilines is 1. The van der Waals surface area contributed by atoms with Crippen molar-refractivity contribution >= 4 is 40.1 Å². The third-order valence-corrected chi connectivity index (χ3v) is 4.74. The summed E-state index contributed by atoms with van der Waals surface area (Å²) in [6, 6.07) is 21.2. The normalized spacial score (nSPS) is 10.6. The summed E-state index contributed by atoms with van der Waals surface area (Å²) >= 11 is 6.04. The molecule has 0 radical (unpaired) electrons. The zero-order chi connectivity index (χ0) is 21.1. The summed E-state index contributed by atoms with van der Waals surface area (Å²) in [4.78, 5) is 39.4. The lowest BCUT2D eigenvalue weighted by molar-refractivity contribution is 0.0736. The molecule has 1 amide bonds. The van der Waals surface area contributed by atoms with E-state index < -0.39 is 11.5 Å². The molecule has 0 aliphatic carbocycles. The van der Waals surface area contributed by atoms with Crippen LogP contribution in [0.2, 0.25) is 5.02 Å². The molecule has 0 atom stereocenters. The van der Waals surface area contributed by atoms with Gasteiger partial charge in [-0.15, -0.1) is 0 Å². The van der Waals surface area contributed by atoms with Gasteiger partial charge in [0.15, 0.2) is 0 Å². The number of rotatable bonds is 4. The molecule has 0 saturated carbocycles. The van der Waals surface area contributed by atoms with Crippen LogP contribution in [-0.2, 0) is 0 Å². The van der Waals surface area contributed by atoms with E-state index in [1.54, 1.807) is 72.8 Å². The van der Waals surface area contributed by atoms with E-state index in [0.29, 0.717) is 27.2 Å². The summed E-state index contributed by atoms with van der Waals surface area (Å²) in [5.41, 5.74) is 1.20. The monoisotopic (exact) mass is 418 g/mol. The Morgan fingerprint density at radius 1 is 0.867 bits per heavy atom. The van der Waals surface area contributed by atoms with Gasteiger partial charge >= 0.3 is 5.97 Å². The van der Waals surface area contributed by atoms with Crippen molar-refractivity contribution in [1.29, 1.82) is 0 Å². The highest BCUT2D eigenvalue weighted by molar-refractivity contribution is 6.34. The highest BCUT2D eigenvalue weighted by atomic mass is 35.5. The Kier molecular flexibility index (Phi) is 5.32. The number of para-hydroxylation sites is 1. The second-order valence-corrected chi connectivity index (χ2v) is 6.85. The molecule has 7 heteroatoms. The average molecular weight is 419 g/mol. The van der Waals surface area contributed by atoms with Crippen LogP contribution in [0.5, 0.6) is 5.75 Å². The molecule has 0 spiro atoms. The number of hydrogen-bond acceptors (Lipinski definition) is 4. The molecule has 4 rings (SSSR count). The Balaban J connectivity index is 1.50. The lowest BCUT2D eigenvalue weighted by Gasteiger charge is -2.09. The fourth-order valence-electron chi connectivity index (χ4n) is 2.99. The molecule has 1 aromatic heterocycles. The predicted octanol–water partition coefficient (Wildman–Crippen LogP) is 4.65. The first-order valence-corrected chi connectivity index (χ1v) is 9.39. The van der Waals surface area contributed by atoms with Crippen LogP contribution in [0.1, 0.15) is 20.7 Å². The van der Waals surface area contributed by atoms with Crippen molar-refractivity contribution in [3.63, 3.8) is 0 Å². The Bertz CT molecular complexity index is 1310. The Hall–Kier alpha value is -3.90. The first kappa shape index (κ1) is 19.4. The van der Waals surface area contributed by atoms with Crippen molar-refractivity contribution in [2.75, 3.05) is 5.32 Å². The van der Waals surface area contributed by atoms with Gasteiger partial charge in [0.25, 0.3) is 5.91 Å². The maximum atomic E-state index is 12.6. The molecule has 2 N–H and O–H groups in total. The van der Waals surface area contributed by atoms with Crippen LogP contribution in [0, 0.1) is 0 Å². The summed E-state index contributed by atoms with van der Waals surface area (Å²) in [5, 5.41) is 3.67. The van der Waals surface area contributed by atoms with E-state index >= 15 is 0 Å². The molecule has 0 fully saturated rings. The van der Waals surface area contributed by atoms with Crippen LogP contribution < -0.4 is 15.6 Å². The largest absolute Gasteiger partial charge is 0.423 e. The Morgan fingerprint density at radius 3 is 2.33 bits per heavy atom. The second-order valence-electron chi connectivity index (χ2n) is 6.44. The SMILES string of the molecule is O=C(Nc1ccc(OC(=O)c2cc(=O)[nH]c3ccccc23)cc1)c1ccccc1Cl. The van der Waals surface area contributed by atoms with Crippen LogP contribution >= 0.6 is 11.6 Å². The third kappa shape index (κ3) is 4.09. The number of esters is 1. The minimum absolute atomic E-state index is 0.172. The number of fused-ring (bicyclic) bond motifs is 1. The van der Waals surface area contributed by atoms with Crippen LogP contribution in [0.15, 0.2) is 83.7 Å². The highest BCUT2D eigenvalue weighted by Crippen LogP contribution is 2.21. The van der Waals surface area contributed by atoms with E-state index in [1.165, 1.54) is 6.07 Å². The molecular weight excluding hydrogens is 404 g/mol. The van der Waals surface area contributed by atoms with Gasteiger partial charge in [-0.05, 0) is 42.5 Å². The van der Waals surface area contributed by atoms with Crippen molar-refractivity contribution in [1.82, 2.24) is 4.98 Å². The number of amides is 1. The number of halogens is 1. The van der Waals surface area contributed by atoms with Crippen molar-refractivity contribution in [3.8, 4) is 5.75 Å². The van der Waals surface area contributed by atoms with Crippen molar-refractivity contribution in [2.45, 2.75) is 0 Å². The zero-order valence-corrected chi connectivity index (χ0v) is 16.3. The molecule has 0 aliphatic heterocycles. The van der Waals surface area contributed by atoms with Gasteiger partial charge in [-0.2, -0.15) is 0 Å². The van der Waals surface area contributed by atoms with Gasteiger partial charge < -0.3 is 15.0 Å². The van der Waals surface area contributed by atoms with Gasteiger partial charge in [0, 0.05) is 22.7 Å². The maximum Gasteiger partial charge on any atom is 0.344 e. The number of pyridine rings is 1. The maximum absolute atomic E-state index is 12.6. The lowest BCUT2D eigenvalue weighted by atomic mass is 10.1. The zero-order valence-electron chi connectivity index (χ0n) is 15.5. The number of ether oxygens (including phenoxy) is 1. The number of benzene rings is 3. The van der Waals surface area contributed by atoms with Gasteiger partial charge in [-0.1, -0.05) is 41.9 Å². The Morgan fingerprint density at radius 2 is 1.57 bits per heavy atom. The number of aromatic nitrogens is 1. The minimum atomic E-state index is -0.648. The number of carbonyl (C=O) groups excluding carboxylic acids is 2. The lowest BCUT2D eigenvalue weighted by Crippen LogP contribution is -2.15. The smallest absolute Gasteiger partial charge is 0.344 e. The average Bonchev–Trinajstić information content (AvgIpc) is 2.74. The van der Waals surface area contributed by atoms with Gasteiger partial charge in [0.1, 0.15) is 5.75 Å². The van der Waals surface area contributed by atoms with Crippen LogP contribution in [0.25, 0.3) is 10.9 Å². The van der Waals surface area contributed by atoms with Gasteiger partial charge in [-0.3, -0.25) is 9.59 Å². The molecule has 0 aliphatic rings. The quantitative estimate of drug-likeness (QED) is 0.373. The Labute approximate surface area is 176 Å². The predicted molar refractivity (Wildman–Crippen MR) is 115 cm³/mol. The van der Waals surface area contributed by atoms with Gasteiger partial charge in [-0.25, -0.2) is 4.79 Å². The van der Waals surface area contributed by atoms with Gasteiger partial charge in [0.2, 0.25) is 5.56 Å². The van der Waals surface area contributed by atoms with E-state index in [4.69, 9.17) is 16.3 Å². The van der Waals surface area contributed by atoms with Gasteiger partial charge in [0.05, 0.1) is 16.1 Å².